The summed E-state index contributed by atoms with van der Waals surface area (Å²) >= 11 is 19.0. The summed E-state index contributed by atoms with van der Waals surface area (Å²) in [6, 6.07) is 7.38. The lowest BCUT2D eigenvalue weighted by molar-refractivity contribution is -0.122. The first-order valence-corrected chi connectivity index (χ1v) is 12.3. The molecule has 0 bridgehead atoms. The van der Waals surface area contributed by atoms with Gasteiger partial charge in [-0.05, 0) is 68.7 Å². The van der Waals surface area contributed by atoms with Crippen molar-refractivity contribution in [1.29, 1.82) is 0 Å². The summed E-state index contributed by atoms with van der Waals surface area (Å²) in [4.78, 5) is 41.6. The highest BCUT2D eigenvalue weighted by Gasteiger charge is 2.38. The number of fused-ring (bicyclic) bond motifs is 1. The molecular weight excluding hydrogens is 509 g/mol. The van der Waals surface area contributed by atoms with Crippen molar-refractivity contribution < 1.29 is 14.4 Å². The standard InChI is InChI=1S/C26H24Cl3N3O3/c1-5-9-31-21-12-19(28)15(10-16(21)14(2)13-26(31,3)4)11-17-23(33)30-25(35)32(24(17)34)20-8-6-7-18(27)22(20)29/h6-8,10-13H,5,9H2,1-4H3,(H,30,33,35)/b17-11-. The molecule has 2 aromatic rings. The Bertz CT molecular complexity index is 1330. The molecule has 0 aliphatic carbocycles. The van der Waals surface area contributed by atoms with Gasteiger partial charge in [-0.3, -0.25) is 14.9 Å². The van der Waals surface area contributed by atoms with Crippen molar-refractivity contribution in [2.45, 2.75) is 39.7 Å². The Morgan fingerprint density at radius 1 is 1.03 bits per heavy atom. The molecule has 0 radical (unpaired) electrons. The molecular formula is C26H24Cl3N3O3. The van der Waals surface area contributed by atoms with E-state index in [0.717, 1.165) is 34.7 Å². The van der Waals surface area contributed by atoms with E-state index in [2.05, 4.69) is 37.1 Å². The number of nitrogens with one attached hydrogen (secondary N) is 1. The van der Waals surface area contributed by atoms with Crippen LogP contribution < -0.4 is 15.1 Å². The topological polar surface area (TPSA) is 69.7 Å². The van der Waals surface area contributed by atoms with Crippen LogP contribution in [-0.2, 0) is 9.59 Å². The average molecular weight is 533 g/mol. The van der Waals surface area contributed by atoms with E-state index in [-0.39, 0.29) is 26.8 Å². The highest BCUT2D eigenvalue weighted by atomic mass is 35.5. The summed E-state index contributed by atoms with van der Waals surface area (Å²) in [6.45, 7) is 9.29. The first-order valence-electron chi connectivity index (χ1n) is 11.1. The predicted octanol–water partition coefficient (Wildman–Crippen LogP) is 6.73. The van der Waals surface area contributed by atoms with Crippen LogP contribution in [0.5, 0.6) is 0 Å². The van der Waals surface area contributed by atoms with Gasteiger partial charge in [-0.2, -0.15) is 0 Å². The van der Waals surface area contributed by atoms with E-state index in [1.165, 1.54) is 18.2 Å². The second-order valence-electron chi connectivity index (χ2n) is 9.05. The Kier molecular flexibility index (Phi) is 6.75. The largest absolute Gasteiger partial charge is 0.362 e. The Labute approximate surface area is 219 Å². The van der Waals surface area contributed by atoms with E-state index in [4.69, 9.17) is 34.8 Å². The zero-order valence-corrected chi connectivity index (χ0v) is 22.0. The van der Waals surface area contributed by atoms with Gasteiger partial charge in [0.2, 0.25) is 0 Å². The highest BCUT2D eigenvalue weighted by Crippen LogP contribution is 2.42. The van der Waals surface area contributed by atoms with E-state index < -0.39 is 17.8 Å². The van der Waals surface area contributed by atoms with Gasteiger partial charge >= 0.3 is 6.03 Å². The summed E-state index contributed by atoms with van der Waals surface area (Å²) in [5.41, 5.74) is 3.15. The second-order valence-corrected chi connectivity index (χ2v) is 10.2. The number of hydrogen-bond acceptors (Lipinski definition) is 4. The molecule has 2 aliphatic rings. The van der Waals surface area contributed by atoms with Crippen LogP contribution in [0, 0.1) is 0 Å². The fourth-order valence-corrected chi connectivity index (χ4v) is 5.15. The molecule has 0 spiro atoms. The number of amides is 4. The second kappa shape index (κ2) is 9.34. The SMILES string of the molecule is CCCN1c2cc(Cl)c(/C=C3/C(=O)NC(=O)N(c4cccc(Cl)c4Cl)C3=O)cc2C(C)=CC1(C)C. The van der Waals surface area contributed by atoms with Gasteiger partial charge in [0.25, 0.3) is 11.8 Å². The lowest BCUT2D eigenvalue weighted by atomic mass is 9.87. The molecule has 0 saturated carbocycles. The highest BCUT2D eigenvalue weighted by molar-refractivity contribution is 6.46. The van der Waals surface area contributed by atoms with Crippen molar-refractivity contribution in [1.82, 2.24) is 5.32 Å². The van der Waals surface area contributed by atoms with Crippen molar-refractivity contribution in [3.63, 3.8) is 0 Å². The van der Waals surface area contributed by atoms with Crippen LogP contribution in [0.15, 0.2) is 42.0 Å². The number of hydrogen-bond donors (Lipinski definition) is 1. The fourth-order valence-electron chi connectivity index (χ4n) is 4.55. The Morgan fingerprint density at radius 2 is 1.74 bits per heavy atom. The van der Waals surface area contributed by atoms with Crippen LogP contribution in [0.2, 0.25) is 15.1 Å². The zero-order valence-electron chi connectivity index (χ0n) is 19.7. The van der Waals surface area contributed by atoms with Crippen LogP contribution in [0.4, 0.5) is 16.2 Å². The van der Waals surface area contributed by atoms with E-state index in [1.807, 2.05) is 19.1 Å². The molecule has 1 saturated heterocycles. The molecule has 0 atom stereocenters. The van der Waals surface area contributed by atoms with Crippen LogP contribution in [0.1, 0.15) is 45.2 Å². The van der Waals surface area contributed by atoms with Crippen molar-refractivity contribution in [2.75, 3.05) is 16.3 Å². The number of urea groups is 1. The molecule has 0 unspecified atom stereocenters. The van der Waals surface area contributed by atoms with Crippen molar-refractivity contribution in [3.05, 3.63) is 68.2 Å². The molecule has 2 heterocycles. The first-order chi connectivity index (χ1) is 16.5. The number of imide groups is 2. The fraction of sp³-hybridized carbons (Fsp3) is 0.269. The molecule has 2 aromatic carbocycles. The number of halogens is 3. The molecule has 2 aliphatic heterocycles. The summed E-state index contributed by atoms with van der Waals surface area (Å²) in [5.74, 6) is -1.64. The van der Waals surface area contributed by atoms with E-state index >= 15 is 0 Å². The molecule has 182 valence electrons. The van der Waals surface area contributed by atoms with Crippen molar-refractivity contribution in [3.8, 4) is 0 Å². The van der Waals surface area contributed by atoms with Gasteiger partial charge < -0.3 is 4.90 Å². The third-order valence-corrected chi connectivity index (χ3v) is 7.25. The minimum Gasteiger partial charge on any atom is -0.362 e. The number of carbonyl (C=O) groups is 3. The van der Waals surface area contributed by atoms with E-state index in [9.17, 15) is 14.4 Å². The number of benzene rings is 2. The van der Waals surface area contributed by atoms with Gasteiger partial charge in [0, 0.05) is 22.8 Å². The summed E-state index contributed by atoms with van der Waals surface area (Å²) in [5, 5.41) is 2.78. The number of carbonyl (C=O) groups excluding carboxylic acids is 3. The third-order valence-electron chi connectivity index (χ3n) is 6.12. The number of barbiturate groups is 1. The van der Waals surface area contributed by atoms with Crippen LogP contribution in [0.25, 0.3) is 11.6 Å². The Morgan fingerprint density at radius 3 is 2.43 bits per heavy atom. The summed E-state index contributed by atoms with van der Waals surface area (Å²) in [6.07, 6.45) is 4.55. The zero-order chi connectivity index (χ0) is 25.7. The molecule has 35 heavy (non-hydrogen) atoms. The van der Waals surface area contributed by atoms with Crippen molar-refractivity contribution in [2.24, 2.45) is 0 Å². The van der Waals surface area contributed by atoms with Gasteiger partial charge in [0.1, 0.15) is 5.57 Å². The normalized spacial score (nSPS) is 18.5. The van der Waals surface area contributed by atoms with Gasteiger partial charge in [-0.25, -0.2) is 9.69 Å². The van der Waals surface area contributed by atoms with E-state index in [1.54, 1.807) is 6.07 Å². The summed E-state index contributed by atoms with van der Waals surface area (Å²) < 4.78 is 0. The number of rotatable bonds is 4. The molecule has 0 aromatic heterocycles. The van der Waals surface area contributed by atoms with E-state index in [0.29, 0.717) is 10.6 Å². The van der Waals surface area contributed by atoms with Gasteiger partial charge in [0.05, 0.1) is 21.3 Å². The van der Waals surface area contributed by atoms with Crippen molar-refractivity contribution >= 4 is 75.7 Å². The quantitative estimate of drug-likeness (QED) is 0.350. The van der Waals surface area contributed by atoms with Gasteiger partial charge in [0.15, 0.2) is 0 Å². The van der Waals surface area contributed by atoms with Crippen LogP contribution in [-0.4, -0.2) is 29.9 Å². The smallest absolute Gasteiger partial charge is 0.336 e. The Hall–Kier alpha value is -2.80. The molecule has 4 amide bonds. The molecule has 1 fully saturated rings. The number of anilines is 2. The van der Waals surface area contributed by atoms with Crippen LogP contribution >= 0.6 is 34.8 Å². The maximum atomic E-state index is 13.3. The van der Waals surface area contributed by atoms with Gasteiger partial charge in [-0.1, -0.05) is 53.9 Å². The molecule has 4 rings (SSSR count). The number of nitrogens with zero attached hydrogens (tertiary/aromatic N) is 2. The first kappa shape index (κ1) is 25.3. The monoisotopic (exact) mass is 531 g/mol. The average Bonchev–Trinajstić information content (AvgIpc) is 2.77. The molecule has 6 nitrogen and oxygen atoms in total. The third kappa shape index (κ3) is 4.46. The summed E-state index contributed by atoms with van der Waals surface area (Å²) in [7, 11) is 0. The minimum atomic E-state index is -0.908. The molecule has 9 heteroatoms. The lowest BCUT2D eigenvalue weighted by Gasteiger charge is -2.43. The maximum Gasteiger partial charge on any atom is 0.336 e. The predicted molar refractivity (Wildman–Crippen MR) is 142 cm³/mol. The lowest BCUT2D eigenvalue weighted by Crippen LogP contribution is -2.54. The molecule has 1 N–H and O–H groups in total. The van der Waals surface area contributed by atoms with Gasteiger partial charge in [-0.15, -0.1) is 0 Å². The number of allylic oxidation sites excluding steroid dienone is 1. The van der Waals surface area contributed by atoms with Crippen LogP contribution in [0.3, 0.4) is 0 Å². The maximum absolute atomic E-state index is 13.3. The minimum absolute atomic E-state index is 0.0255. The Balaban J connectivity index is 1.81.